The molecule has 1 heterocycles. The van der Waals surface area contributed by atoms with Gasteiger partial charge in [0.1, 0.15) is 11.5 Å². The van der Waals surface area contributed by atoms with Crippen LogP contribution in [0.1, 0.15) is 62.1 Å². The minimum absolute atomic E-state index is 0.0187. The third-order valence-corrected chi connectivity index (χ3v) is 6.82. The van der Waals surface area contributed by atoms with E-state index >= 15 is 0 Å². The van der Waals surface area contributed by atoms with Crippen LogP contribution in [0.2, 0.25) is 0 Å². The van der Waals surface area contributed by atoms with Gasteiger partial charge in [-0.1, -0.05) is 55.8 Å². The number of likely N-dealkylation sites (tertiary alicyclic amines) is 1. The number of ether oxygens (including phenoxy) is 1. The van der Waals surface area contributed by atoms with Crippen LogP contribution in [0.5, 0.6) is 11.5 Å². The first-order chi connectivity index (χ1) is 16.4. The first-order valence-electron chi connectivity index (χ1n) is 11.6. The molecule has 0 aliphatic carbocycles. The minimum Gasteiger partial charge on any atom is -0.457 e. The van der Waals surface area contributed by atoms with Crippen molar-refractivity contribution in [2.24, 2.45) is 4.99 Å². The Morgan fingerprint density at radius 1 is 1.32 bits per heavy atom. The fourth-order valence-electron chi connectivity index (χ4n) is 4.31. The molecule has 0 radical (unpaired) electrons. The molecule has 1 aliphatic rings. The topological polar surface area (TPSA) is 41.9 Å². The number of para-hydroxylation sites is 1. The number of carbonyl (C=O) groups is 1. The van der Waals surface area contributed by atoms with E-state index in [0.29, 0.717) is 35.5 Å². The Kier molecular flexibility index (Phi) is 9.43. The Bertz CT molecular complexity index is 1090. The SMILES string of the molecule is C=N/C(CC(=O)N1CCC(c2ccc(Oc3ccccc3C(C)C)cc2CS)C1)=C(Cl)\C=C/C. The van der Waals surface area contributed by atoms with Gasteiger partial charge in [0.05, 0.1) is 17.2 Å². The highest BCUT2D eigenvalue weighted by Gasteiger charge is 2.29. The van der Waals surface area contributed by atoms with Gasteiger partial charge in [0.15, 0.2) is 0 Å². The van der Waals surface area contributed by atoms with Crippen LogP contribution in [0.4, 0.5) is 0 Å². The highest BCUT2D eigenvalue weighted by Crippen LogP contribution is 2.36. The second-order valence-electron chi connectivity index (χ2n) is 8.77. The van der Waals surface area contributed by atoms with E-state index in [-0.39, 0.29) is 18.2 Å². The van der Waals surface area contributed by atoms with E-state index < -0.39 is 0 Å². The summed E-state index contributed by atoms with van der Waals surface area (Å²) in [6.45, 7) is 11.1. The molecule has 2 aromatic rings. The Hall–Kier alpha value is -2.50. The van der Waals surface area contributed by atoms with Gasteiger partial charge in [-0.15, -0.1) is 0 Å². The summed E-state index contributed by atoms with van der Waals surface area (Å²) in [5.74, 6) is 2.95. The number of aliphatic imine (C=N–C) groups is 1. The standard InChI is InChI=1S/C28H33ClN2O2S/c1-5-8-25(29)26(30-4)16-28(32)31-14-13-20(17-31)24-12-11-22(15-21(24)18-34)33-27-10-7-6-9-23(27)19(2)3/h5-12,15,19-20,34H,4,13-14,16-18H2,1-3H3/b8-5-,26-25+. The smallest absolute Gasteiger partial charge is 0.228 e. The minimum atomic E-state index is 0.0187. The zero-order valence-electron chi connectivity index (χ0n) is 20.1. The van der Waals surface area contributed by atoms with Crippen molar-refractivity contribution in [2.75, 3.05) is 13.1 Å². The van der Waals surface area contributed by atoms with Crippen LogP contribution in [-0.2, 0) is 10.5 Å². The molecule has 0 spiro atoms. The molecule has 1 saturated heterocycles. The highest BCUT2D eigenvalue weighted by molar-refractivity contribution is 7.79. The molecule has 180 valence electrons. The van der Waals surface area contributed by atoms with E-state index in [1.807, 2.05) is 42.2 Å². The number of hydrogen-bond donors (Lipinski definition) is 1. The molecular formula is C28H33ClN2O2S. The maximum Gasteiger partial charge on any atom is 0.228 e. The fourth-order valence-corrected chi connectivity index (χ4v) is 4.84. The number of benzene rings is 2. The fraction of sp³-hybridized carbons (Fsp3) is 0.357. The first-order valence-corrected chi connectivity index (χ1v) is 12.6. The van der Waals surface area contributed by atoms with Crippen molar-refractivity contribution in [1.29, 1.82) is 0 Å². The molecule has 3 rings (SSSR count). The molecule has 2 aromatic carbocycles. The van der Waals surface area contributed by atoms with Gasteiger partial charge in [0.25, 0.3) is 0 Å². The predicted molar refractivity (Wildman–Crippen MR) is 146 cm³/mol. The molecule has 1 aliphatic heterocycles. The summed E-state index contributed by atoms with van der Waals surface area (Å²) in [5.41, 5.74) is 4.04. The van der Waals surface area contributed by atoms with Crippen molar-refractivity contribution < 1.29 is 9.53 Å². The van der Waals surface area contributed by atoms with E-state index in [0.717, 1.165) is 23.5 Å². The van der Waals surface area contributed by atoms with Gasteiger partial charge in [0.2, 0.25) is 5.91 Å². The summed E-state index contributed by atoms with van der Waals surface area (Å²) in [5, 5.41) is 0.452. The Morgan fingerprint density at radius 2 is 2.09 bits per heavy atom. The summed E-state index contributed by atoms with van der Waals surface area (Å²) >= 11 is 10.8. The van der Waals surface area contributed by atoms with E-state index in [2.05, 4.69) is 56.4 Å². The summed E-state index contributed by atoms with van der Waals surface area (Å²) in [4.78, 5) is 18.7. The van der Waals surface area contributed by atoms with Gasteiger partial charge in [-0.3, -0.25) is 9.79 Å². The van der Waals surface area contributed by atoms with Gasteiger partial charge in [-0.2, -0.15) is 12.6 Å². The monoisotopic (exact) mass is 496 g/mol. The maximum atomic E-state index is 12.9. The molecule has 1 fully saturated rings. The molecule has 34 heavy (non-hydrogen) atoms. The van der Waals surface area contributed by atoms with Crippen LogP contribution in [0.3, 0.4) is 0 Å². The number of rotatable bonds is 9. The third-order valence-electron chi connectivity index (χ3n) is 6.13. The largest absolute Gasteiger partial charge is 0.457 e. The van der Waals surface area contributed by atoms with Crippen LogP contribution in [0.25, 0.3) is 0 Å². The van der Waals surface area contributed by atoms with Crippen LogP contribution in [-0.4, -0.2) is 30.6 Å². The third kappa shape index (κ3) is 6.34. The normalized spacial score (nSPS) is 16.8. The summed E-state index contributed by atoms with van der Waals surface area (Å²) in [6.07, 6.45) is 4.61. The molecule has 0 saturated carbocycles. The molecule has 0 N–H and O–H groups in total. The van der Waals surface area contributed by atoms with Crippen molar-refractivity contribution in [3.8, 4) is 11.5 Å². The zero-order chi connectivity index (χ0) is 24.7. The van der Waals surface area contributed by atoms with Gasteiger partial charge in [0, 0.05) is 24.8 Å². The lowest BCUT2D eigenvalue weighted by atomic mass is 9.94. The second-order valence-corrected chi connectivity index (χ2v) is 9.49. The Balaban J connectivity index is 1.73. The molecule has 1 atom stereocenters. The maximum absolute atomic E-state index is 12.9. The Morgan fingerprint density at radius 3 is 2.76 bits per heavy atom. The summed E-state index contributed by atoms with van der Waals surface area (Å²) in [7, 11) is 0. The van der Waals surface area contributed by atoms with Gasteiger partial charge < -0.3 is 9.64 Å². The molecule has 6 heteroatoms. The van der Waals surface area contributed by atoms with Gasteiger partial charge in [-0.25, -0.2) is 0 Å². The Labute approximate surface area is 213 Å². The first kappa shape index (κ1) is 26.1. The van der Waals surface area contributed by atoms with E-state index in [9.17, 15) is 4.79 Å². The van der Waals surface area contributed by atoms with Crippen LogP contribution in [0, 0.1) is 0 Å². The van der Waals surface area contributed by atoms with E-state index in [1.165, 1.54) is 11.1 Å². The van der Waals surface area contributed by atoms with Crippen LogP contribution < -0.4 is 4.74 Å². The molecule has 1 unspecified atom stereocenters. The number of halogens is 1. The average Bonchev–Trinajstić information content (AvgIpc) is 3.33. The van der Waals surface area contributed by atoms with Crippen LogP contribution >= 0.6 is 24.2 Å². The number of amides is 1. The van der Waals surface area contributed by atoms with Crippen molar-refractivity contribution in [1.82, 2.24) is 4.90 Å². The lowest BCUT2D eigenvalue weighted by molar-refractivity contribution is -0.129. The predicted octanol–water partition coefficient (Wildman–Crippen LogP) is 7.47. The van der Waals surface area contributed by atoms with Crippen molar-refractivity contribution in [2.45, 2.75) is 51.2 Å². The number of allylic oxidation sites excluding steroid dienone is 3. The number of nitrogens with zero attached hydrogens (tertiary/aromatic N) is 2. The zero-order valence-corrected chi connectivity index (χ0v) is 21.8. The molecular weight excluding hydrogens is 464 g/mol. The van der Waals surface area contributed by atoms with Crippen molar-refractivity contribution in [3.63, 3.8) is 0 Å². The lowest BCUT2D eigenvalue weighted by Gasteiger charge is -2.19. The summed E-state index contributed by atoms with van der Waals surface area (Å²) < 4.78 is 6.25. The van der Waals surface area contributed by atoms with E-state index in [1.54, 1.807) is 6.08 Å². The number of thiol groups is 1. The molecule has 1 amide bonds. The van der Waals surface area contributed by atoms with Crippen molar-refractivity contribution >= 4 is 36.9 Å². The van der Waals surface area contributed by atoms with Gasteiger partial charge >= 0.3 is 0 Å². The molecule has 0 bridgehead atoms. The number of hydrogen-bond acceptors (Lipinski definition) is 4. The highest BCUT2D eigenvalue weighted by atomic mass is 35.5. The lowest BCUT2D eigenvalue weighted by Crippen LogP contribution is -2.28. The van der Waals surface area contributed by atoms with Crippen molar-refractivity contribution in [3.05, 3.63) is 82.0 Å². The summed E-state index contributed by atoms with van der Waals surface area (Å²) in [6, 6.07) is 14.4. The van der Waals surface area contributed by atoms with E-state index in [4.69, 9.17) is 16.3 Å². The molecule has 4 nitrogen and oxygen atoms in total. The van der Waals surface area contributed by atoms with Crippen LogP contribution in [0.15, 0.2) is 70.3 Å². The average molecular weight is 497 g/mol. The second kappa shape index (κ2) is 12.3. The quantitative estimate of drug-likeness (QED) is 0.222. The molecule has 0 aromatic heterocycles. The number of carbonyl (C=O) groups excluding carboxylic acids is 1. The van der Waals surface area contributed by atoms with Gasteiger partial charge in [-0.05, 0) is 66.9 Å².